The molecule has 1 saturated heterocycles. The highest BCUT2D eigenvalue weighted by Gasteiger charge is 2.08. The normalized spacial score (nSPS) is 15.6. The lowest BCUT2D eigenvalue weighted by molar-refractivity contribution is -0.121. The van der Waals surface area contributed by atoms with E-state index in [1.54, 1.807) is 6.20 Å². The van der Waals surface area contributed by atoms with Crippen LogP contribution in [0.4, 0.5) is 0 Å². The van der Waals surface area contributed by atoms with Gasteiger partial charge < -0.3 is 10.2 Å². The molecular weight excluding hydrogens is 274 g/mol. The smallest absolute Gasteiger partial charge is 0.220 e. The molecule has 1 aromatic heterocycles. The number of pyridine rings is 1. The van der Waals surface area contributed by atoms with Crippen molar-refractivity contribution in [3.8, 4) is 0 Å². The largest absolute Gasteiger partial charge is 0.356 e. The number of aromatic nitrogens is 1. The average Bonchev–Trinajstić information content (AvgIpc) is 2.58. The third kappa shape index (κ3) is 7.03. The Bertz CT molecular complexity index is 416. The second kappa shape index (κ2) is 10.3. The Labute approximate surface area is 134 Å². The second-order valence-corrected chi connectivity index (χ2v) is 6.13. The van der Waals surface area contributed by atoms with Crippen molar-refractivity contribution in [2.75, 3.05) is 26.2 Å². The van der Waals surface area contributed by atoms with E-state index in [-0.39, 0.29) is 5.91 Å². The summed E-state index contributed by atoms with van der Waals surface area (Å²) in [5.74, 6) is 0.140. The first-order valence-corrected chi connectivity index (χ1v) is 8.73. The van der Waals surface area contributed by atoms with Crippen molar-refractivity contribution in [3.05, 3.63) is 30.1 Å². The summed E-state index contributed by atoms with van der Waals surface area (Å²) in [6.45, 7) is 4.60. The Morgan fingerprint density at radius 1 is 1.14 bits per heavy atom. The first-order chi connectivity index (χ1) is 10.8. The van der Waals surface area contributed by atoms with Crippen molar-refractivity contribution in [2.45, 2.75) is 51.4 Å². The van der Waals surface area contributed by atoms with Gasteiger partial charge in [0.1, 0.15) is 0 Å². The lowest BCUT2D eigenvalue weighted by Gasteiger charge is -2.26. The highest BCUT2D eigenvalue weighted by Crippen LogP contribution is 2.09. The minimum absolute atomic E-state index is 0.140. The van der Waals surface area contributed by atoms with Crippen LogP contribution in [0.3, 0.4) is 0 Å². The fourth-order valence-corrected chi connectivity index (χ4v) is 2.92. The zero-order chi connectivity index (χ0) is 15.5. The molecule has 0 bridgehead atoms. The molecule has 1 N–H and O–H groups in total. The molecule has 1 aliphatic rings. The zero-order valence-corrected chi connectivity index (χ0v) is 13.6. The Morgan fingerprint density at radius 2 is 2.00 bits per heavy atom. The second-order valence-electron chi connectivity index (χ2n) is 6.13. The molecule has 0 aromatic carbocycles. The number of rotatable bonds is 9. The summed E-state index contributed by atoms with van der Waals surface area (Å²) in [4.78, 5) is 18.6. The molecular formula is C18H29N3O. The molecule has 1 aromatic rings. The lowest BCUT2D eigenvalue weighted by atomic mass is 10.1. The van der Waals surface area contributed by atoms with Gasteiger partial charge in [-0.15, -0.1) is 0 Å². The van der Waals surface area contributed by atoms with Gasteiger partial charge in [-0.3, -0.25) is 9.78 Å². The average molecular weight is 303 g/mol. The molecule has 22 heavy (non-hydrogen) atoms. The number of carbonyl (C=O) groups is 1. The van der Waals surface area contributed by atoms with Gasteiger partial charge in [-0.05, 0) is 63.9 Å². The van der Waals surface area contributed by atoms with E-state index >= 15 is 0 Å². The lowest BCUT2D eigenvalue weighted by Crippen LogP contribution is -2.30. The third-order valence-corrected chi connectivity index (χ3v) is 4.26. The Morgan fingerprint density at radius 3 is 2.77 bits per heavy atom. The van der Waals surface area contributed by atoms with E-state index in [1.807, 2.05) is 18.2 Å². The minimum Gasteiger partial charge on any atom is -0.356 e. The SMILES string of the molecule is O=C(CCc1ccccn1)NCCCCCN1CCCCC1. The molecule has 2 heterocycles. The molecule has 0 atom stereocenters. The van der Waals surface area contributed by atoms with E-state index in [9.17, 15) is 4.79 Å². The minimum atomic E-state index is 0.140. The van der Waals surface area contributed by atoms with Gasteiger partial charge in [0, 0.05) is 24.9 Å². The van der Waals surface area contributed by atoms with Crippen molar-refractivity contribution in [1.29, 1.82) is 0 Å². The predicted molar refractivity (Wildman–Crippen MR) is 89.7 cm³/mol. The first-order valence-electron chi connectivity index (χ1n) is 8.73. The maximum atomic E-state index is 11.7. The highest BCUT2D eigenvalue weighted by molar-refractivity contribution is 5.76. The third-order valence-electron chi connectivity index (χ3n) is 4.26. The number of likely N-dealkylation sites (tertiary alicyclic amines) is 1. The summed E-state index contributed by atoms with van der Waals surface area (Å²) in [6, 6.07) is 5.82. The number of unbranched alkanes of at least 4 members (excludes halogenated alkanes) is 2. The van der Waals surface area contributed by atoms with Gasteiger partial charge >= 0.3 is 0 Å². The summed E-state index contributed by atoms with van der Waals surface area (Å²) in [7, 11) is 0. The van der Waals surface area contributed by atoms with Crippen molar-refractivity contribution in [2.24, 2.45) is 0 Å². The number of aryl methyl sites for hydroxylation is 1. The van der Waals surface area contributed by atoms with Gasteiger partial charge in [-0.2, -0.15) is 0 Å². The molecule has 0 aliphatic carbocycles. The Balaban J connectivity index is 1.43. The number of amides is 1. The summed E-state index contributed by atoms with van der Waals surface area (Å²) in [5.41, 5.74) is 0.985. The van der Waals surface area contributed by atoms with Crippen LogP contribution in [-0.2, 0) is 11.2 Å². The molecule has 4 heteroatoms. The van der Waals surface area contributed by atoms with E-state index in [1.165, 1.54) is 51.7 Å². The molecule has 0 saturated carbocycles. The summed E-state index contributed by atoms with van der Waals surface area (Å²) in [6.07, 6.45) is 10.7. The number of hydrogen-bond donors (Lipinski definition) is 1. The standard InChI is InChI=1S/C18H29N3O/c22-18(11-10-17-9-3-5-12-19-17)20-13-4-1-6-14-21-15-7-2-8-16-21/h3,5,9,12H,1-2,4,6-8,10-11,13-16H2,(H,20,22). The summed E-state index contributed by atoms with van der Waals surface area (Å²) >= 11 is 0. The number of nitrogens with one attached hydrogen (secondary N) is 1. The fourth-order valence-electron chi connectivity index (χ4n) is 2.92. The van der Waals surface area contributed by atoms with E-state index in [0.29, 0.717) is 6.42 Å². The monoisotopic (exact) mass is 303 g/mol. The molecule has 0 unspecified atom stereocenters. The number of nitrogens with zero attached hydrogens (tertiary/aromatic N) is 2. The van der Waals surface area contributed by atoms with Crippen LogP contribution in [0.5, 0.6) is 0 Å². The number of carbonyl (C=O) groups excluding carboxylic acids is 1. The van der Waals surface area contributed by atoms with Gasteiger partial charge in [0.15, 0.2) is 0 Å². The molecule has 1 aliphatic heterocycles. The van der Waals surface area contributed by atoms with Gasteiger partial charge in [0.05, 0.1) is 0 Å². The molecule has 2 rings (SSSR count). The molecule has 1 amide bonds. The van der Waals surface area contributed by atoms with Crippen LogP contribution >= 0.6 is 0 Å². The summed E-state index contributed by atoms with van der Waals surface area (Å²) in [5, 5.41) is 3.01. The van der Waals surface area contributed by atoms with Crippen molar-refractivity contribution >= 4 is 5.91 Å². The van der Waals surface area contributed by atoms with E-state index in [2.05, 4.69) is 15.2 Å². The zero-order valence-electron chi connectivity index (χ0n) is 13.6. The van der Waals surface area contributed by atoms with Crippen molar-refractivity contribution in [3.63, 3.8) is 0 Å². The van der Waals surface area contributed by atoms with Crippen LogP contribution in [-0.4, -0.2) is 42.0 Å². The van der Waals surface area contributed by atoms with Gasteiger partial charge in [-0.25, -0.2) is 0 Å². The fraction of sp³-hybridized carbons (Fsp3) is 0.667. The molecule has 0 radical (unpaired) electrons. The molecule has 4 nitrogen and oxygen atoms in total. The van der Waals surface area contributed by atoms with Crippen LogP contribution in [0, 0.1) is 0 Å². The van der Waals surface area contributed by atoms with Crippen LogP contribution in [0.1, 0.15) is 50.6 Å². The molecule has 122 valence electrons. The van der Waals surface area contributed by atoms with Crippen molar-refractivity contribution < 1.29 is 4.79 Å². The van der Waals surface area contributed by atoms with Crippen LogP contribution < -0.4 is 5.32 Å². The predicted octanol–water partition coefficient (Wildman–Crippen LogP) is 2.79. The van der Waals surface area contributed by atoms with E-state index in [4.69, 9.17) is 0 Å². The summed E-state index contributed by atoms with van der Waals surface area (Å²) < 4.78 is 0. The van der Waals surface area contributed by atoms with Crippen molar-refractivity contribution in [1.82, 2.24) is 15.2 Å². The van der Waals surface area contributed by atoms with Gasteiger partial charge in [0.25, 0.3) is 0 Å². The van der Waals surface area contributed by atoms with E-state index in [0.717, 1.165) is 25.1 Å². The molecule has 0 spiro atoms. The number of hydrogen-bond acceptors (Lipinski definition) is 3. The Kier molecular flexibility index (Phi) is 7.96. The highest BCUT2D eigenvalue weighted by atomic mass is 16.1. The van der Waals surface area contributed by atoms with Crippen LogP contribution in [0.25, 0.3) is 0 Å². The van der Waals surface area contributed by atoms with Crippen LogP contribution in [0.15, 0.2) is 24.4 Å². The maximum Gasteiger partial charge on any atom is 0.220 e. The first kappa shape index (κ1) is 16.9. The molecule has 1 fully saturated rings. The van der Waals surface area contributed by atoms with Crippen LogP contribution in [0.2, 0.25) is 0 Å². The Hall–Kier alpha value is -1.42. The van der Waals surface area contributed by atoms with E-state index < -0.39 is 0 Å². The van der Waals surface area contributed by atoms with Gasteiger partial charge in [-0.1, -0.05) is 18.9 Å². The topological polar surface area (TPSA) is 45.2 Å². The number of piperidine rings is 1. The van der Waals surface area contributed by atoms with Gasteiger partial charge in [0.2, 0.25) is 5.91 Å². The maximum absolute atomic E-state index is 11.7. The quantitative estimate of drug-likeness (QED) is 0.714.